The molecule has 0 radical (unpaired) electrons. The molecule has 0 aliphatic rings. The molecule has 0 spiro atoms. The molecule has 18 heavy (non-hydrogen) atoms. The Hall–Kier alpha value is -1.35. The zero-order valence-corrected chi connectivity index (χ0v) is 11.3. The second-order valence-electron chi connectivity index (χ2n) is 4.83. The maximum atomic E-state index is 11.7. The molecular weight excluding hydrogens is 226 g/mol. The van der Waals surface area contributed by atoms with Crippen molar-refractivity contribution in [3.63, 3.8) is 0 Å². The Kier molecular flexibility index (Phi) is 6.44. The number of carbonyl (C=O) groups excluding carboxylic acids is 1. The molecular formula is C15H23NO2. The Labute approximate surface area is 109 Å². The standard InChI is InChI=1S/C15H23NO2/c1-3-7-12(2)10-14(16)15(17)18-11-13-8-5-4-6-9-13/h4-6,8-9,12,14H,3,7,10-11,16H2,1-2H3. The van der Waals surface area contributed by atoms with Gasteiger partial charge in [0, 0.05) is 0 Å². The lowest BCUT2D eigenvalue weighted by Gasteiger charge is -2.15. The Morgan fingerprint density at radius 1 is 1.33 bits per heavy atom. The summed E-state index contributed by atoms with van der Waals surface area (Å²) in [5.41, 5.74) is 6.82. The van der Waals surface area contributed by atoms with E-state index in [1.807, 2.05) is 30.3 Å². The molecule has 2 atom stereocenters. The summed E-state index contributed by atoms with van der Waals surface area (Å²) in [4.78, 5) is 11.7. The van der Waals surface area contributed by atoms with Gasteiger partial charge >= 0.3 is 5.97 Å². The van der Waals surface area contributed by atoms with E-state index in [1.165, 1.54) is 0 Å². The molecule has 0 saturated carbocycles. The van der Waals surface area contributed by atoms with Crippen molar-refractivity contribution in [3.8, 4) is 0 Å². The molecule has 1 rings (SSSR count). The average molecular weight is 249 g/mol. The third-order valence-electron chi connectivity index (χ3n) is 2.96. The van der Waals surface area contributed by atoms with Crippen LogP contribution in [-0.2, 0) is 16.1 Å². The lowest BCUT2D eigenvalue weighted by Crippen LogP contribution is -2.33. The Morgan fingerprint density at radius 3 is 2.61 bits per heavy atom. The molecule has 0 bridgehead atoms. The van der Waals surface area contributed by atoms with Crippen LogP contribution in [0.15, 0.2) is 30.3 Å². The molecule has 0 heterocycles. The van der Waals surface area contributed by atoms with Gasteiger partial charge in [0.25, 0.3) is 0 Å². The van der Waals surface area contributed by atoms with Gasteiger partial charge in [-0.05, 0) is 17.9 Å². The number of hydrogen-bond donors (Lipinski definition) is 1. The number of nitrogens with two attached hydrogens (primary N) is 1. The Morgan fingerprint density at radius 2 is 2.00 bits per heavy atom. The highest BCUT2D eigenvalue weighted by molar-refractivity contribution is 5.75. The average Bonchev–Trinajstić information content (AvgIpc) is 2.37. The van der Waals surface area contributed by atoms with Crippen LogP contribution in [0.2, 0.25) is 0 Å². The van der Waals surface area contributed by atoms with Gasteiger partial charge in [0.1, 0.15) is 12.6 Å². The van der Waals surface area contributed by atoms with Crippen molar-refractivity contribution in [3.05, 3.63) is 35.9 Å². The molecule has 2 unspecified atom stereocenters. The summed E-state index contributed by atoms with van der Waals surface area (Å²) in [6.07, 6.45) is 2.91. The van der Waals surface area contributed by atoms with Crippen LogP contribution < -0.4 is 5.73 Å². The van der Waals surface area contributed by atoms with Crippen molar-refractivity contribution in [1.29, 1.82) is 0 Å². The Bertz CT molecular complexity index is 351. The lowest BCUT2D eigenvalue weighted by atomic mass is 9.98. The van der Waals surface area contributed by atoms with Crippen LogP contribution in [0.5, 0.6) is 0 Å². The largest absolute Gasteiger partial charge is 0.460 e. The van der Waals surface area contributed by atoms with Crippen molar-refractivity contribution in [2.45, 2.75) is 45.8 Å². The van der Waals surface area contributed by atoms with E-state index in [0.717, 1.165) is 18.4 Å². The molecule has 3 nitrogen and oxygen atoms in total. The van der Waals surface area contributed by atoms with Gasteiger partial charge < -0.3 is 10.5 Å². The second-order valence-corrected chi connectivity index (χ2v) is 4.83. The van der Waals surface area contributed by atoms with E-state index < -0.39 is 6.04 Å². The first-order chi connectivity index (χ1) is 8.63. The van der Waals surface area contributed by atoms with Gasteiger partial charge in [-0.25, -0.2) is 0 Å². The minimum atomic E-state index is -0.504. The van der Waals surface area contributed by atoms with Gasteiger partial charge in [-0.15, -0.1) is 0 Å². The van der Waals surface area contributed by atoms with Gasteiger partial charge in [-0.3, -0.25) is 4.79 Å². The van der Waals surface area contributed by atoms with Gasteiger partial charge in [0.2, 0.25) is 0 Å². The van der Waals surface area contributed by atoms with Gasteiger partial charge in [-0.2, -0.15) is 0 Å². The highest BCUT2D eigenvalue weighted by atomic mass is 16.5. The predicted molar refractivity (Wildman–Crippen MR) is 72.9 cm³/mol. The number of rotatable bonds is 7. The third-order valence-corrected chi connectivity index (χ3v) is 2.96. The maximum Gasteiger partial charge on any atom is 0.323 e. The molecule has 0 aromatic heterocycles. The molecule has 0 fully saturated rings. The number of carbonyl (C=O) groups is 1. The maximum absolute atomic E-state index is 11.7. The lowest BCUT2D eigenvalue weighted by molar-refractivity contribution is -0.147. The van der Waals surface area contributed by atoms with E-state index in [9.17, 15) is 4.79 Å². The highest BCUT2D eigenvalue weighted by Gasteiger charge is 2.17. The minimum Gasteiger partial charge on any atom is -0.460 e. The molecule has 1 aromatic rings. The summed E-state index contributed by atoms with van der Waals surface area (Å²) >= 11 is 0. The molecule has 0 saturated heterocycles. The van der Waals surface area contributed by atoms with E-state index in [0.29, 0.717) is 18.9 Å². The van der Waals surface area contributed by atoms with Gasteiger partial charge in [0.15, 0.2) is 0 Å². The normalized spacial score (nSPS) is 13.9. The zero-order valence-electron chi connectivity index (χ0n) is 11.3. The number of esters is 1. The number of ether oxygens (including phenoxy) is 1. The van der Waals surface area contributed by atoms with E-state index in [1.54, 1.807) is 0 Å². The fourth-order valence-corrected chi connectivity index (χ4v) is 1.98. The Balaban J connectivity index is 2.32. The third kappa shape index (κ3) is 5.32. The number of hydrogen-bond acceptors (Lipinski definition) is 3. The summed E-state index contributed by atoms with van der Waals surface area (Å²) in [7, 11) is 0. The van der Waals surface area contributed by atoms with E-state index in [-0.39, 0.29) is 5.97 Å². The monoisotopic (exact) mass is 249 g/mol. The van der Waals surface area contributed by atoms with Crippen LogP contribution >= 0.6 is 0 Å². The van der Waals surface area contributed by atoms with Crippen LogP contribution in [0.4, 0.5) is 0 Å². The van der Waals surface area contributed by atoms with Gasteiger partial charge in [0.05, 0.1) is 0 Å². The van der Waals surface area contributed by atoms with Crippen LogP contribution in [-0.4, -0.2) is 12.0 Å². The first kappa shape index (κ1) is 14.7. The van der Waals surface area contributed by atoms with Crippen molar-refractivity contribution in [2.75, 3.05) is 0 Å². The quantitative estimate of drug-likeness (QED) is 0.756. The molecule has 0 aliphatic heterocycles. The molecule has 1 aromatic carbocycles. The summed E-state index contributed by atoms with van der Waals surface area (Å²) < 4.78 is 5.20. The minimum absolute atomic E-state index is 0.301. The first-order valence-corrected chi connectivity index (χ1v) is 6.59. The molecule has 0 amide bonds. The van der Waals surface area contributed by atoms with Crippen molar-refractivity contribution < 1.29 is 9.53 Å². The van der Waals surface area contributed by atoms with E-state index in [4.69, 9.17) is 10.5 Å². The summed E-state index contributed by atoms with van der Waals surface area (Å²) in [6, 6.07) is 9.13. The van der Waals surface area contributed by atoms with Crippen LogP contribution in [0.3, 0.4) is 0 Å². The second kappa shape index (κ2) is 7.88. The fourth-order valence-electron chi connectivity index (χ4n) is 1.98. The first-order valence-electron chi connectivity index (χ1n) is 6.59. The van der Waals surface area contributed by atoms with E-state index >= 15 is 0 Å². The number of benzene rings is 1. The zero-order chi connectivity index (χ0) is 13.4. The highest BCUT2D eigenvalue weighted by Crippen LogP contribution is 2.12. The SMILES string of the molecule is CCCC(C)CC(N)C(=O)OCc1ccccc1. The van der Waals surface area contributed by atoms with Gasteiger partial charge in [-0.1, -0.05) is 57.0 Å². The molecule has 0 aliphatic carbocycles. The van der Waals surface area contributed by atoms with Crippen LogP contribution in [0, 0.1) is 5.92 Å². The summed E-state index contributed by atoms with van der Waals surface area (Å²) in [6.45, 7) is 4.55. The fraction of sp³-hybridized carbons (Fsp3) is 0.533. The molecule has 100 valence electrons. The molecule has 3 heteroatoms. The summed E-state index contributed by atoms with van der Waals surface area (Å²) in [5, 5.41) is 0. The summed E-state index contributed by atoms with van der Waals surface area (Å²) in [5.74, 6) is 0.163. The van der Waals surface area contributed by atoms with Crippen molar-refractivity contribution in [2.24, 2.45) is 11.7 Å². The van der Waals surface area contributed by atoms with Crippen LogP contribution in [0.1, 0.15) is 38.7 Å². The van der Waals surface area contributed by atoms with Crippen molar-refractivity contribution in [1.82, 2.24) is 0 Å². The molecule has 2 N–H and O–H groups in total. The predicted octanol–water partition coefficient (Wildman–Crippen LogP) is 2.88. The van der Waals surface area contributed by atoms with Crippen molar-refractivity contribution >= 4 is 5.97 Å². The van der Waals surface area contributed by atoms with E-state index in [2.05, 4.69) is 13.8 Å². The topological polar surface area (TPSA) is 52.3 Å². The smallest absolute Gasteiger partial charge is 0.323 e. The van der Waals surface area contributed by atoms with Crippen LogP contribution in [0.25, 0.3) is 0 Å².